The van der Waals surface area contributed by atoms with E-state index in [0.717, 1.165) is 10.4 Å². The van der Waals surface area contributed by atoms with Gasteiger partial charge in [0.2, 0.25) is 0 Å². The topological polar surface area (TPSA) is 64.0 Å². The van der Waals surface area contributed by atoms with E-state index in [1.165, 1.54) is 28.0 Å². The number of hydrogen-bond donors (Lipinski definition) is 1. The zero-order valence-electron chi connectivity index (χ0n) is 14.8. The number of aromatic nitrogens is 2. The number of halogens is 1. The van der Waals surface area contributed by atoms with Crippen molar-refractivity contribution < 1.29 is 9.18 Å². The summed E-state index contributed by atoms with van der Waals surface area (Å²) in [5.74, 6) is -0.780. The highest BCUT2D eigenvalue weighted by Crippen LogP contribution is 2.14. The third-order valence-corrected chi connectivity index (χ3v) is 5.23. The number of rotatable bonds is 5. The molecule has 7 heteroatoms. The Morgan fingerprint density at radius 1 is 1.14 bits per heavy atom. The molecular weight excluding hydrogens is 377 g/mol. The van der Waals surface area contributed by atoms with E-state index in [1.807, 2.05) is 17.5 Å². The predicted molar refractivity (Wildman–Crippen MR) is 107 cm³/mol. The minimum absolute atomic E-state index is 0.0548. The molecule has 1 aromatic carbocycles. The van der Waals surface area contributed by atoms with Gasteiger partial charge in [-0.05, 0) is 47.3 Å². The maximum absolute atomic E-state index is 13.2. The number of carbonyl (C=O) groups excluding carboxylic acids is 1. The van der Waals surface area contributed by atoms with Gasteiger partial charge in [0, 0.05) is 16.5 Å². The van der Waals surface area contributed by atoms with Crippen LogP contribution in [0.2, 0.25) is 0 Å². The number of thiophene rings is 1. The summed E-state index contributed by atoms with van der Waals surface area (Å²) in [7, 11) is 0. The molecule has 0 fully saturated rings. The van der Waals surface area contributed by atoms with Crippen LogP contribution in [0.1, 0.15) is 20.8 Å². The van der Waals surface area contributed by atoms with Gasteiger partial charge in [0.15, 0.2) is 0 Å². The molecule has 1 N–H and O–H groups in total. The fourth-order valence-corrected chi connectivity index (χ4v) is 3.61. The summed E-state index contributed by atoms with van der Waals surface area (Å²) in [6.07, 6.45) is 1.60. The lowest BCUT2D eigenvalue weighted by Crippen LogP contribution is -2.33. The molecule has 0 bridgehead atoms. The molecule has 4 rings (SSSR count). The Morgan fingerprint density at radius 2 is 1.96 bits per heavy atom. The van der Waals surface area contributed by atoms with E-state index >= 15 is 0 Å². The third kappa shape index (κ3) is 3.70. The highest BCUT2D eigenvalue weighted by Gasteiger charge is 2.16. The molecule has 0 radical (unpaired) electrons. The monoisotopic (exact) mass is 393 g/mol. The summed E-state index contributed by atoms with van der Waals surface area (Å²) < 4.78 is 14.6. The van der Waals surface area contributed by atoms with Crippen molar-refractivity contribution in [1.29, 1.82) is 0 Å². The van der Waals surface area contributed by atoms with Crippen LogP contribution in [-0.4, -0.2) is 15.5 Å². The van der Waals surface area contributed by atoms with Gasteiger partial charge in [-0.25, -0.2) is 9.37 Å². The van der Waals surface area contributed by atoms with Crippen molar-refractivity contribution in [3.63, 3.8) is 0 Å². The Balaban J connectivity index is 1.73. The van der Waals surface area contributed by atoms with Crippen molar-refractivity contribution in [2.75, 3.05) is 0 Å². The standard InChI is InChI=1S/C21H16FN3O2S/c22-16-7-5-14(6-8-16)13-25-19-15(3-1-9-23-19)11-18(21(25)27)20(26)24-12-17-4-2-10-28-17/h1-11H,12-13H2,(H,24,26). The SMILES string of the molecule is O=C(NCc1cccs1)c1cc2cccnc2n(Cc2ccc(F)cc2)c1=O. The van der Waals surface area contributed by atoms with E-state index in [-0.39, 0.29) is 17.9 Å². The second-order valence-electron chi connectivity index (χ2n) is 6.25. The fraction of sp³-hybridized carbons (Fsp3) is 0.0952. The Hall–Kier alpha value is -3.32. The zero-order chi connectivity index (χ0) is 19.5. The molecule has 0 aliphatic heterocycles. The molecule has 140 valence electrons. The summed E-state index contributed by atoms with van der Waals surface area (Å²) in [6, 6.07) is 14.9. The van der Waals surface area contributed by atoms with Crippen LogP contribution in [0.15, 0.2) is 71.0 Å². The number of pyridine rings is 2. The lowest BCUT2D eigenvalue weighted by molar-refractivity contribution is 0.0949. The molecule has 1 amide bonds. The van der Waals surface area contributed by atoms with Crippen LogP contribution < -0.4 is 10.9 Å². The highest BCUT2D eigenvalue weighted by molar-refractivity contribution is 7.09. The van der Waals surface area contributed by atoms with E-state index in [0.29, 0.717) is 17.6 Å². The number of hydrogen-bond acceptors (Lipinski definition) is 4. The van der Waals surface area contributed by atoms with Crippen molar-refractivity contribution >= 4 is 28.3 Å². The smallest absolute Gasteiger partial charge is 0.265 e. The number of carbonyl (C=O) groups is 1. The van der Waals surface area contributed by atoms with Gasteiger partial charge in [0.05, 0.1) is 13.1 Å². The zero-order valence-corrected chi connectivity index (χ0v) is 15.6. The van der Waals surface area contributed by atoms with Gasteiger partial charge in [-0.1, -0.05) is 18.2 Å². The van der Waals surface area contributed by atoms with Gasteiger partial charge in [0.25, 0.3) is 11.5 Å². The molecule has 0 unspecified atom stereocenters. The number of benzene rings is 1. The van der Waals surface area contributed by atoms with Gasteiger partial charge in [-0.2, -0.15) is 0 Å². The summed E-state index contributed by atoms with van der Waals surface area (Å²) in [5.41, 5.74) is 0.844. The molecule has 28 heavy (non-hydrogen) atoms. The molecular formula is C21H16FN3O2S. The van der Waals surface area contributed by atoms with Crippen LogP contribution in [0.4, 0.5) is 4.39 Å². The van der Waals surface area contributed by atoms with Crippen LogP contribution in [0, 0.1) is 5.82 Å². The molecule has 5 nitrogen and oxygen atoms in total. The molecule has 0 saturated carbocycles. The lowest BCUT2D eigenvalue weighted by Gasteiger charge is -2.12. The molecule has 3 heterocycles. The van der Waals surface area contributed by atoms with E-state index in [2.05, 4.69) is 10.3 Å². The lowest BCUT2D eigenvalue weighted by atomic mass is 10.1. The first-order valence-electron chi connectivity index (χ1n) is 8.65. The van der Waals surface area contributed by atoms with Crippen LogP contribution in [0.5, 0.6) is 0 Å². The van der Waals surface area contributed by atoms with Crippen molar-refractivity contribution in [3.05, 3.63) is 98.3 Å². The highest BCUT2D eigenvalue weighted by atomic mass is 32.1. The van der Waals surface area contributed by atoms with Crippen molar-refractivity contribution in [2.24, 2.45) is 0 Å². The first-order valence-corrected chi connectivity index (χ1v) is 9.53. The number of fused-ring (bicyclic) bond motifs is 1. The second-order valence-corrected chi connectivity index (χ2v) is 7.29. The van der Waals surface area contributed by atoms with Gasteiger partial charge in [-0.3, -0.25) is 14.2 Å². The molecule has 0 aliphatic rings. The van der Waals surface area contributed by atoms with E-state index in [9.17, 15) is 14.0 Å². The molecule has 0 aliphatic carbocycles. The number of nitrogens with zero attached hydrogens (tertiary/aromatic N) is 2. The quantitative estimate of drug-likeness (QED) is 0.564. The van der Waals surface area contributed by atoms with E-state index in [4.69, 9.17) is 0 Å². The van der Waals surface area contributed by atoms with Gasteiger partial charge < -0.3 is 5.32 Å². The summed E-state index contributed by atoms with van der Waals surface area (Å²) in [5, 5.41) is 5.41. The molecule has 4 aromatic rings. The predicted octanol–water partition coefficient (Wildman–Crippen LogP) is 3.58. The van der Waals surface area contributed by atoms with Crippen LogP contribution in [0.25, 0.3) is 11.0 Å². The molecule has 0 saturated heterocycles. The second kappa shape index (κ2) is 7.74. The largest absolute Gasteiger partial charge is 0.347 e. The number of amides is 1. The summed E-state index contributed by atoms with van der Waals surface area (Å²) in [4.78, 5) is 31.0. The first-order chi connectivity index (χ1) is 13.6. The summed E-state index contributed by atoms with van der Waals surface area (Å²) >= 11 is 1.53. The van der Waals surface area contributed by atoms with Gasteiger partial charge >= 0.3 is 0 Å². The minimum Gasteiger partial charge on any atom is -0.347 e. The van der Waals surface area contributed by atoms with Crippen LogP contribution in [0.3, 0.4) is 0 Å². The normalized spacial score (nSPS) is 10.9. The molecule has 3 aromatic heterocycles. The molecule has 0 spiro atoms. The maximum Gasteiger partial charge on any atom is 0.265 e. The van der Waals surface area contributed by atoms with Crippen LogP contribution in [-0.2, 0) is 13.1 Å². The van der Waals surface area contributed by atoms with E-state index in [1.54, 1.807) is 36.5 Å². The van der Waals surface area contributed by atoms with Crippen LogP contribution >= 0.6 is 11.3 Å². The Kier molecular flexibility index (Phi) is 4.99. The van der Waals surface area contributed by atoms with Crippen molar-refractivity contribution in [2.45, 2.75) is 13.1 Å². The number of nitrogens with one attached hydrogen (secondary N) is 1. The minimum atomic E-state index is -0.433. The van der Waals surface area contributed by atoms with Gasteiger partial charge in [0.1, 0.15) is 17.0 Å². The average molecular weight is 393 g/mol. The fourth-order valence-electron chi connectivity index (χ4n) is 2.96. The Morgan fingerprint density at radius 3 is 2.71 bits per heavy atom. The van der Waals surface area contributed by atoms with E-state index < -0.39 is 11.5 Å². The average Bonchev–Trinajstić information content (AvgIpc) is 3.23. The Labute approximate surface area is 164 Å². The Bertz CT molecular complexity index is 1180. The summed E-state index contributed by atoms with van der Waals surface area (Å²) in [6.45, 7) is 0.553. The first kappa shape index (κ1) is 18.1. The van der Waals surface area contributed by atoms with Crippen molar-refractivity contribution in [1.82, 2.24) is 14.9 Å². The van der Waals surface area contributed by atoms with Crippen molar-refractivity contribution in [3.8, 4) is 0 Å². The third-order valence-electron chi connectivity index (χ3n) is 4.35. The van der Waals surface area contributed by atoms with Gasteiger partial charge in [-0.15, -0.1) is 11.3 Å². The maximum atomic E-state index is 13.2. The molecule has 0 atom stereocenters.